The third-order valence-corrected chi connectivity index (χ3v) is 3.90. The zero-order chi connectivity index (χ0) is 16.8. The molecule has 0 aliphatic rings. The predicted molar refractivity (Wildman–Crippen MR) is 94.2 cm³/mol. The predicted octanol–water partition coefficient (Wildman–Crippen LogP) is 3.27. The molecule has 0 radical (unpaired) electrons. The molecule has 1 heterocycles. The number of halogens is 2. The monoisotopic (exact) mass is 443 g/mol. The van der Waals surface area contributed by atoms with Gasteiger partial charge in [0.2, 0.25) is 5.95 Å². The molecule has 1 aromatic heterocycles. The van der Waals surface area contributed by atoms with Crippen LogP contribution in [0.4, 0.5) is 5.95 Å². The van der Waals surface area contributed by atoms with Crippen molar-refractivity contribution in [2.75, 3.05) is 12.4 Å². The Kier molecular flexibility index (Phi) is 6.28. The van der Waals surface area contributed by atoms with E-state index in [0.717, 1.165) is 20.9 Å². The van der Waals surface area contributed by atoms with Gasteiger partial charge in [-0.15, -0.1) is 0 Å². The molecule has 0 saturated carbocycles. The van der Waals surface area contributed by atoms with E-state index in [4.69, 9.17) is 4.74 Å². The summed E-state index contributed by atoms with van der Waals surface area (Å²) in [4.78, 5) is 12.0. The number of rotatable bonds is 6. The normalized spacial score (nSPS) is 11.0. The van der Waals surface area contributed by atoms with Gasteiger partial charge in [-0.2, -0.15) is 0 Å². The lowest BCUT2D eigenvalue weighted by Gasteiger charge is -2.08. The summed E-state index contributed by atoms with van der Waals surface area (Å²) in [6.45, 7) is 2.64. The van der Waals surface area contributed by atoms with Crippen LogP contribution in [0.2, 0.25) is 0 Å². The summed E-state index contributed by atoms with van der Waals surface area (Å²) in [6, 6.07) is 3.73. The summed E-state index contributed by atoms with van der Waals surface area (Å²) < 4.78 is 8.54. The zero-order valence-corrected chi connectivity index (χ0v) is 15.8. The first kappa shape index (κ1) is 17.6. The van der Waals surface area contributed by atoms with Gasteiger partial charge in [0.05, 0.1) is 11.6 Å². The van der Waals surface area contributed by atoms with Crippen molar-refractivity contribution in [2.24, 2.45) is 0 Å². The first-order valence-corrected chi connectivity index (χ1v) is 8.42. The van der Waals surface area contributed by atoms with E-state index in [-0.39, 0.29) is 5.91 Å². The number of amides is 1. The highest BCUT2D eigenvalue weighted by atomic mass is 79.9. The molecule has 23 heavy (non-hydrogen) atoms. The summed E-state index contributed by atoms with van der Waals surface area (Å²) in [7, 11) is 1.57. The molecule has 0 spiro atoms. The van der Waals surface area contributed by atoms with Crippen molar-refractivity contribution < 1.29 is 9.53 Å². The Morgan fingerprint density at radius 2 is 2.22 bits per heavy atom. The number of nitrogens with one attached hydrogen (secondary N) is 1. The number of carbonyl (C=O) groups excluding carboxylic acids is 1. The fraction of sp³-hybridized carbons (Fsp3) is 0.286. The molecular weight excluding hydrogens is 430 g/mol. The van der Waals surface area contributed by atoms with Gasteiger partial charge in [0, 0.05) is 22.7 Å². The Balaban J connectivity index is 2.14. The quantitative estimate of drug-likeness (QED) is 0.691. The van der Waals surface area contributed by atoms with Gasteiger partial charge in [-0.3, -0.25) is 10.1 Å². The summed E-state index contributed by atoms with van der Waals surface area (Å²) in [5.74, 6) is 0.646. The van der Waals surface area contributed by atoms with Crippen LogP contribution < -0.4 is 10.1 Å². The van der Waals surface area contributed by atoms with Gasteiger partial charge in [0.1, 0.15) is 5.75 Å². The van der Waals surface area contributed by atoms with Gasteiger partial charge in [-0.25, -0.2) is 4.68 Å². The van der Waals surface area contributed by atoms with Crippen LogP contribution in [0.25, 0.3) is 6.08 Å². The Bertz CT molecular complexity index is 730. The average Bonchev–Trinajstić information content (AvgIpc) is 2.92. The molecule has 0 fully saturated rings. The summed E-state index contributed by atoms with van der Waals surface area (Å²) in [5.41, 5.74) is 0.761. The van der Waals surface area contributed by atoms with E-state index in [2.05, 4.69) is 52.7 Å². The van der Waals surface area contributed by atoms with Crippen LogP contribution in [0.1, 0.15) is 18.9 Å². The van der Waals surface area contributed by atoms with Gasteiger partial charge in [0.25, 0.3) is 5.91 Å². The molecule has 7 nitrogen and oxygen atoms in total. The van der Waals surface area contributed by atoms with Crippen LogP contribution in [0, 0.1) is 0 Å². The highest BCUT2D eigenvalue weighted by Crippen LogP contribution is 2.33. The van der Waals surface area contributed by atoms with Crippen LogP contribution in [0.15, 0.2) is 27.2 Å². The fourth-order valence-corrected chi connectivity index (χ4v) is 3.31. The van der Waals surface area contributed by atoms with Gasteiger partial charge in [-0.05, 0) is 51.0 Å². The van der Waals surface area contributed by atoms with Crippen molar-refractivity contribution in [2.45, 2.75) is 19.9 Å². The van der Waals surface area contributed by atoms with Crippen LogP contribution >= 0.6 is 31.9 Å². The standard InChI is InChI=1S/C14H15Br2N5O2/c1-3-6-21-14(18-19-20-21)17-12(22)5-4-9-7-10(15)8-11(16)13(9)23-2/h4-5,7-8H,3,6H2,1-2H3,(H,17,18,20,22)/b5-4+. The van der Waals surface area contributed by atoms with E-state index in [0.29, 0.717) is 18.2 Å². The van der Waals surface area contributed by atoms with E-state index >= 15 is 0 Å². The molecule has 0 aliphatic heterocycles. The lowest BCUT2D eigenvalue weighted by Crippen LogP contribution is -2.14. The smallest absolute Gasteiger partial charge is 0.250 e. The Labute approximate surface area is 150 Å². The highest BCUT2D eigenvalue weighted by molar-refractivity contribution is 9.11. The van der Waals surface area contributed by atoms with Crippen LogP contribution in [-0.2, 0) is 11.3 Å². The topological polar surface area (TPSA) is 81.9 Å². The maximum atomic E-state index is 12.0. The van der Waals surface area contributed by atoms with Crippen LogP contribution in [-0.4, -0.2) is 33.2 Å². The largest absolute Gasteiger partial charge is 0.495 e. The van der Waals surface area contributed by atoms with E-state index in [1.807, 2.05) is 19.1 Å². The molecule has 0 bridgehead atoms. The van der Waals surface area contributed by atoms with Crippen LogP contribution in [0.5, 0.6) is 5.75 Å². The number of benzene rings is 1. The molecule has 9 heteroatoms. The molecule has 0 saturated heterocycles. The molecule has 0 atom stereocenters. The van der Waals surface area contributed by atoms with Crippen LogP contribution in [0.3, 0.4) is 0 Å². The molecular formula is C14H15Br2N5O2. The number of aromatic nitrogens is 4. The first-order chi connectivity index (χ1) is 11.0. The number of hydrogen-bond acceptors (Lipinski definition) is 5. The molecule has 122 valence electrons. The third kappa shape index (κ3) is 4.61. The second-order valence-electron chi connectivity index (χ2n) is 4.56. The maximum Gasteiger partial charge on any atom is 0.250 e. The second-order valence-corrected chi connectivity index (χ2v) is 6.33. The fourth-order valence-electron chi connectivity index (χ4n) is 1.89. The molecule has 0 aliphatic carbocycles. The summed E-state index contributed by atoms with van der Waals surface area (Å²) >= 11 is 6.83. The number of carbonyl (C=O) groups is 1. The Morgan fingerprint density at radius 1 is 1.43 bits per heavy atom. The minimum absolute atomic E-state index is 0.323. The highest BCUT2D eigenvalue weighted by Gasteiger charge is 2.09. The molecule has 1 aromatic carbocycles. The number of ether oxygens (including phenoxy) is 1. The molecule has 2 aromatic rings. The Morgan fingerprint density at radius 3 is 2.91 bits per heavy atom. The number of methoxy groups -OCH3 is 1. The second kappa shape index (κ2) is 8.21. The van der Waals surface area contributed by atoms with Crippen molar-refractivity contribution in [3.63, 3.8) is 0 Å². The van der Waals surface area contributed by atoms with Crippen molar-refractivity contribution in [3.05, 3.63) is 32.7 Å². The van der Waals surface area contributed by atoms with Crippen molar-refractivity contribution in [1.82, 2.24) is 20.2 Å². The van der Waals surface area contributed by atoms with E-state index in [1.165, 1.54) is 6.08 Å². The third-order valence-electron chi connectivity index (χ3n) is 2.86. The minimum Gasteiger partial charge on any atom is -0.495 e. The minimum atomic E-state index is -0.324. The van der Waals surface area contributed by atoms with Gasteiger partial charge >= 0.3 is 0 Å². The van der Waals surface area contributed by atoms with Gasteiger partial charge in [0.15, 0.2) is 0 Å². The van der Waals surface area contributed by atoms with Gasteiger partial charge in [-0.1, -0.05) is 28.0 Å². The Hall–Kier alpha value is -1.74. The first-order valence-electron chi connectivity index (χ1n) is 6.83. The van der Waals surface area contributed by atoms with Crippen molar-refractivity contribution >= 4 is 49.8 Å². The number of anilines is 1. The summed E-state index contributed by atoms with van der Waals surface area (Å²) in [6.07, 6.45) is 3.94. The molecule has 2 rings (SSSR count). The molecule has 0 unspecified atom stereocenters. The number of nitrogens with zero attached hydrogens (tertiary/aromatic N) is 4. The zero-order valence-electron chi connectivity index (χ0n) is 12.6. The van der Waals surface area contributed by atoms with E-state index < -0.39 is 0 Å². The number of aryl methyl sites for hydroxylation is 1. The lowest BCUT2D eigenvalue weighted by molar-refractivity contribution is -0.111. The van der Waals surface area contributed by atoms with Crippen molar-refractivity contribution in [3.8, 4) is 5.75 Å². The SMILES string of the molecule is CCCn1nnnc1NC(=O)/C=C/c1cc(Br)cc(Br)c1OC. The van der Waals surface area contributed by atoms with E-state index in [1.54, 1.807) is 17.9 Å². The van der Waals surface area contributed by atoms with Gasteiger partial charge < -0.3 is 4.74 Å². The summed E-state index contributed by atoms with van der Waals surface area (Å²) in [5, 5.41) is 13.8. The van der Waals surface area contributed by atoms with Crippen molar-refractivity contribution in [1.29, 1.82) is 0 Å². The number of tetrazole rings is 1. The van der Waals surface area contributed by atoms with E-state index in [9.17, 15) is 4.79 Å². The molecule has 1 N–H and O–H groups in total. The number of hydrogen-bond donors (Lipinski definition) is 1. The maximum absolute atomic E-state index is 12.0. The average molecular weight is 445 g/mol. The lowest BCUT2D eigenvalue weighted by atomic mass is 10.2. The molecule has 1 amide bonds.